The minimum Gasteiger partial charge on any atom is -0.382 e. The Morgan fingerprint density at radius 1 is 1.31 bits per heavy atom. The molecule has 0 spiro atoms. The number of nitrogen functional groups attached to an aromatic ring is 1. The van der Waals surface area contributed by atoms with Gasteiger partial charge in [-0.2, -0.15) is 5.01 Å². The fourth-order valence-electron chi connectivity index (χ4n) is 3.62. The summed E-state index contributed by atoms with van der Waals surface area (Å²) >= 11 is 1.40. The third-order valence-electron chi connectivity index (χ3n) is 5.01. The average molecular weight is 370 g/mol. The highest BCUT2D eigenvalue weighted by molar-refractivity contribution is 7.13. The zero-order valence-corrected chi connectivity index (χ0v) is 15.4. The number of anilines is 2. The van der Waals surface area contributed by atoms with E-state index < -0.39 is 0 Å². The number of pyridine rings is 1. The van der Waals surface area contributed by atoms with Crippen molar-refractivity contribution in [1.29, 1.82) is 0 Å². The van der Waals surface area contributed by atoms with E-state index in [-0.39, 0.29) is 5.91 Å². The second-order valence-electron chi connectivity index (χ2n) is 6.73. The smallest absolute Gasteiger partial charge is 0.249 e. The van der Waals surface area contributed by atoms with Gasteiger partial charge in [-0.05, 0) is 18.4 Å². The van der Waals surface area contributed by atoms with Gasteiger partial charge < -0.3 is 5.73 Å². The van der Waals surface area contributed by atoms with Crippen LogP contribution in [0.5, 0.6) is 0 Å². The first kappa shape index (κ1) is 17.0. The average Bonchev–Trinajstić information content (AvgIpc) is 3.31. The van der Waals surface area contributed by atoms with Gasteiger partial charge in [-0.25, -0.2) is 4.98 Å². The molecule has 2 N–H and O–H groups in total. The molecule has 3 aromatic rings. The second kappa shape index (κ2) is 7.41. The molecule has 3 heterocycles. The lowest BCUT2D eigenvalue weighted by Crippen LogP contribution is -2.37. The molecule has 0 aliphatic heterocycles. The number of aromatic nitrogens is 4. The largest absolute Gasteiger partial charge is 0.382 e. The number of rotatable bonds is 5. The lowest BCUT2D eigenvalue weighted by Gasteiger charge is -2.24. The minimum absolute atomic E-state index is 0.0296. The van der Waals surface area contributed by atoms with Crippen LogP contribution in [-0.4, -0.2) is 25.8 Å². The van der Waals surface area contributed by atoms with Gasteiger partial charge in [0.15, 0.2) is 5.82 Å². The Morgan fingerprint density at radius 2 is 2.15 bits per heavy atom. The summed E-state index contributed by atoms with van der Waals surface area (Å²) in [6.07, 6.45) is 12.7. The summed E-state index contributed by atoms with van der Waals surface area (Å²) in [5.41, 5.74) is 6.94. The Morgan fingerprint density at radius 3 is 2.88 bits per heavy atom. The maximum Gasteiger partial charge on any atom is 0.249 e. The van der Waals surface area contributed by atoms with Crippen molar-refractivity contribution in [2.75, 3.05) is 10.7 Å². The molecule has 8 heteroatoms. The molecule has 0 aromatic carbocycles. The van der Waals surface area contributed by atoms with E-state index in [0.717, 1.165) is 11.8 Å². The number of fused-ring (bicyclic) bond motifs is 1. The minimum atomic E-state index is -0.0296. The van der Waals surface area contributed by atoms with Crippen molar-refractivity contribution in [2.45, 2.75) is 44.9 Å². The van der Waals surface area contributed by atoms with Crippen LogP contribution in [0.4, 0.5) is 10.9 Å². The van der Waals surface area contributed by atoms with Gasteiger partial charge in [0.2, 0.25) is 11.0 Å². The van der Waals surface area contributed by atoms with Crippen molar-refractivity contribution >= 4 is 39.1 Å². The molecule has 136 valence electrons. The number of hydrogen-bond acceptors (Lipinski definition) is 6. The van der Waals surface area contributed by atoms with Crippen LogP contribution in [0.3, 0.4) is 0 Å². The molecule has 1 amide bonds. The topological polar surface area (TPSA) is 89.9 Å². The standard InChI is InChI=1S/C18H22N6OS/c19-17-14-8-9-20-12-15(14)22-24(17)23(18-21-10-11-26-18)16(25)7-6-13-4-2-1-3-5-13/h8-13H,1-7,19H2. The molecule has 1 fully saturated rings. The van der Waals surface area contributed by atoms with E-state index in [1.165, 1.54) is 53.2 Å². The highest BCUT2D eigenvalue weighted by atomic mass is 32.1. The zero-order chi connectivity index (χ0) is 17.9. The molecular formula is C18H22N6OS. The van der Waals surface area contributed by atoms with Crippen molar-refractivity contribution in [3.05, 3.63) is 30.0 Å². The monoisotopic (exact) mass is 370 g/mol. The van der Waals surface area contributed by atoms with Gasteiger partial charge in [0.25, 0.3) is 0 Å². The Hall–Kier alpha value is -2.48. The number of carbonyl (C=O) groups is 1. The van der Waals surface area contributed by atoms with Gasteiger partial charge in [0, 0.05) is 29.6 Å². The molecule has 0 unspecified atom stereocenters. The molecule has 4 rings (SSSR count). The van der Waals surface area contributed by atoms with Crippen LogP contribution < -0.4 is 10.7 Å². The van der Waals surface area contributed by atoms with Gasteiger partial charge in [-0.15, -0.1) is 21.2 Å². The van der Waals surface area contributed by atoms with E-state index in [1.54, 1.807) is 24.7 Å². The summed E-state index contributed by atoms with van der Waals surface area (Å²) in [6, 6.07) is 1.81. The molecule has 0 bridgehead atoms. The molecule has 1 aliphatic rings. The SMILES string of the molecule is Nc1c2ccncc2nn1N(C(=O)CCC1CCCCC1)c1nccs1. The summed E-state index contributed by atoms with van der Waals surface area (Å²) in [4.78, 5) is 22.9. The fraction of sp³-hybridized carbons (Fsp3) is 0.444. The first-order valence-corrected chi connectivity index (χ1v) is 9.93. The van der Waals surface area contributed by atoms with E-state index in [9.17, 15) is 4.79 Å². The van der Waals surface area contributed by atoms with Gasteiger partial charge in [-0.3, -0.25) is 9.78 Å². The lowest BCUT2D eigenvalue weighted by molar-refractivity contribution is -0.119. The third-order valence-corrected chi connectivity index (χ3v) is 5.76. The number of hydrogen-bond donors (Lipinski definition) is 1. The normalized spacial score (nSPS) is 15.4. The number of nitrogens with zero attached hydrogens (tertiary/aromatic N) is 5. The predicted octanol–water partition coefficient (Wildman–Crippen LogP) is 3.63. The molecule has 1 saturated carbocycles. The van der Waals surface area contributed by atoms with Crippen LogP contribution in [0.25, 0.3) is 10.9 Å². The molecule has 1 aliphatic carbocycles. The fourth-order valence-corrected chi connectivity index (χ4v) is 4.27. The first-order chi connectivity index (χ1) is 12.7. The maximum atomic E-state index is 13.1. The molecule has 26 heavy (non-hydrogen) atoms. The zero-order valence-electron chi connectivity index (χ0n) is 14.5. The Balaban J connectivity index is 1.61. The molecular weight excluding hydrogens is 348 g/mol. The molecule has 3 aromatic heterocycles. The third kappa shape index (κ3) is 3.29. The highest BCUT2D eigenvalue weighted by Crippen LogP contribution is 2.29. The summed E-state index contributed by atoms with van der Waals surface area (Å²) in [5, 5.41) is 9.19. The van der Waals surface area contributed by atoms with Crippen molar-refractivity contribution in [3.8, 4) is 0 Å². The maximum absolute atomic E-state index is 13.1. The lowest BCUT2D eigenvalue weighted by atomic mass is 9.86. The summed E-state index contributed by atoms with van der Waals surface area (Å²) in [7, 11) is 0. The number of carbonyl (C=O) groups excluding carboxylic acids is 1. The predicted molar refractivity (Wildman–Crippen MR) is 103 cm³/mol. The van der Waals surface area contributed by atoms with Gasteiger partial charge in [0.05, 0.1) is 6.20 Å². The van der Waals surface area contributed by atoms with Crippen molar-refractivity contribution in [3.63, 3.8) is 0 Å². The molecule has 7 nitrogen and oxygen atoms in total. The Labute approximate surface area is 155 Å². The van der Waals surface area contributed by atoms with Gasteiger partial charge in [-0.1, -0.05) is 32.1 Å². The Bertz CT molecular complexity index is 884. The number of nitrogens with two attached hydrogens (primary N) is 1. The molecule has 0 saturated heterocycles. The van der Waals surface area contributed by atoms with Crippen LogP contribution in [0, 0.1) is 5.92 Å². The van der Waals surface area contributed by atoms with E-state index in [1.807, 2.05) is 5.38 Å². The van der Waals surface area contributed by atoms with Crippen LogP contribution in [-0.2, 0) is 4.79 Å². The number of thiazole rings is 1. The van der Waals surface area contributed by atoms with Crippen molar-refractivity contribution in [1.82, 2.24) is 19.9 Å². The van der Waals surface area contributed by atoms with E-state index in [2.05, 4.69) is 15.1 Å². The summed E-state index contributed by atoms with van der Waals surface area (Å²) < 4.78 is 0. The van der Waals surface area contributed by atoms with Crippen LogP contribution in [0.2, 0.25) is 0 Å². The van der Waals surface area contributed by atoms with Crippen molar-refractivity contribution in [2.24, 2.45) is 5.92 Å². The number of amides is 1. The van der Waals surface area contributed by atoms with Crippen LogP contribution in [0.15, 0.2) is 30.0 Å². The molecule has 0 radical (unpaired) electrons. The first-order valence-electron chi connectivity index (χ1n) is 9.05. The van der Waals surface area contributed by atoms with Crippen LogP contribution in [0.1, 0.15) is 44.9 Å². The van der Waals surface area contributed by atoms with E-state index in [4.69, 9.17) is 5.73 Å². The Kier molecular flexibility index (Phi) is 4.83. The molecule has 0 atom stereocenters. The van der Waals surface area contributed by atoms with Crippen molar-refractivity contribution < 1.29 is 4.79 Å². The van der Waals surface area contributed by atoms with Crippen LogP contribution >= 0.6 is 11.3 Å². The summed E-state index contributed by atoms with van der Waals surface area (Å²) in [6.45, 7) is 0. The highest BCUT2D eigenvalue weighted by Gasteiger charge is 2.25. The quantitative estimate of drug-likeness (QED) is 0.741. The van der Waals surface area contributed by atoms with Gasteiger partial charge >= 0.3 is 0 Å². The van der Waals surface area contributed by atoms with Gasteiger partial charge in [0.1, 0.15) is 5.52 Å². The van der Waals surface area contributed by atoms with E-state index >= 15 is 0 Å². The summed E-state index contributed by atoms with van der Waals surface area (Å²) in [5.74, 6) is 1.03. The van der Waals surface area contributed by atoms with E-state index in [0.29, 0.717) is 28.8 Å². The second-order valence-corrected chi connectivity index (χ2v) is 7.60.